The zero-order chi connectivity index (χ0) is 10.2. The normalized spacial score (nSPS) is 10.1. The smallest absolute Gasteiger partial charge is 0.142 e. The highest BCUT2D eigenvalue weighted by molar-refractivity contribution is 5.51. The van der Waals surface area contributed by atoms with Crippen molar-refractivity contribution in [3.05, 3.63) is 24.3 Å². The van der Waals surface area contributed by atoms with Crippen molar-refractivity contribution in [2.75, 3.05) is 25.6 Å². The predicted octanol–water partition coefficient (Wildman–Crippen LogP) is 2.07. The maximum atomic E-state index is 5.70. The van der Waals surface area contributed by atoms with Crippen LogP contribution in [0.2, 0.25) is 0 Å². The zero-order valence-corrected chi connectivity index (χ0v) is 8.53. The minimum Gasteiger partial charge on any atom is -0.489 e. The summed E-state index contributed by atoms with van der Waals surface area (Å²) in [6, 6.07) is 7.46. The minimum absolute atomic E-state index is 0.550. The Morgan fingerprint density at radius 3 is 2.64 bits per heavy atom. The van der Waals surface area contributed by atoms with Gasteiger partial charge in [0.15, 0.2) is 0 Å². The van der Waals surface area contributed by atoms with Crippen molar-refractivity contribution < 1.29 is 9.47 Å². The number of anilines is 1. The van der Waals surface area contributed by atoms with Gasteiger partial charge in [-0.3, -0.25) is 0 Å². The van der Waals surface area contributed by atoms with Gasteiger partial charge in [0, 0.05) is 6.61 Å². The lowest BCUT2D eigenvalue weighted by atomic mass is 10.3. The van der Waals surface area contributed by atoms with Gasteiger partial charge in [-0.2, -0.15) is 0 Å². The molecule has 1 aromatic rings. The fourth-order valence-electron chi connectivity index (χ4n) is 1.07. The van der Waals surface area contributed by atoms with Gasteiger partial charge in [0.05, 0.1) is 12.3 Å². The molecule has 0 spiro atoms. The van der Waals surface area contributed by atoms with Gasteiger partial charge in [0.2, 0.25) is 0 Å². The molecule has 0 aliphatic heterocycles. The molecule has 0 unspecified atom stereocenters. The number of nitrogen functional groups attached to an aromatic ring is 1. The van der Waals surface area contributed by atoms with E-state index in [1.54, 1.807) is 0 Å². The van der Waals surface area contributed by atoms with Gasteiger partial charge in [-0.05, 0) is 18.6 Å². The van der Waals surface area contributed by atoms with Gasteiger partial charge in [0.1, 0.15) is 12.4 Å². The Hall–Kier alpha value is -1.22. The van der Waals surface area contributed by atoms with Crippen molar-refractivity contribution in [3.8, 4) is 5.75 Å². The summed E-state index contributed by atoms with van der Waals surface area (Å²) in [5.74, 6) is 0.729. The standard InChI is InChI=1S/C11H17NO2/c1-2-7-13-8-9-14-11-6-4-3-5-10(11)12/h3-6H,2,7-9,12H2,1H3. The molecule has 78 valence electrons. The summed E-state index contributed by atoms with van der Waals surface area (Å²) in [4.78, 5) is 0. The van der Waals surface area contributed by atoms with Crippen molar-refractivity contribution in [2.24, 2.45) is 0 Å². The van der Waals surface area contributed by atoms with Crippen LogP contribution in [0.4, 0.5) is 5.69 Å². The lowest BCUT2D eigenvalue weighted by molar-refractivity contribution is 0.101. The number of rotatable bonds is 6. The average Bonchev–Trinajstić information content (AvgIpc) is 2.20. The number of para-hydroxylation sites is 2. The number of nitrogens with two attached hydrogens (primary N) is 1. The molecule has 0 fully saturated rings. The lowest BCUT2D eigenvalue weighted by Crippen LogP contribution is -2.08. The Kier molecular flexibility index (Phi) is 4.86. The van der Waals surface area contributed by atoms with Crippen LogP contribution < -0.4 is 10.5 Å². The second kappa shape index (κ2) is 6.27. The van der Waals surface area contributed by atoms with Crippen molar-refractivity contribution in [3.63, 3.8) is 0 Å². The van der Waals surface area contributed by atoms with Crippen LogP contribution in [0, 0.1) is 0 Å². The number of hydrogen-bond donors (Lipinski definition) is 1. The molecule has 3 nitrogen and oxygen atoms in total. The molecule has 2 N–H and O–H groups in total. The Morgan fingerprint density at radius 1 is 1.14 bits per heavy atom. The third kappa shape index (κ3) is 3.66. The first kappa shape index (κ1) is 10.9. The fraction of sp³-hybridized carbons (Fsp3) is 0.455. The Morgan fingerprint density at radius 2 is 1.93 bits per heavy atom. The average molecular weight is 195 g/mol. The van der Waals surface area contributed by atoms with Gasteiger partial charge < -0.3 is 15.2 Å². The minimum atomic E-state index is 0.550. The molecular formula is C11H17NO2. The number of ether oxygens (including phenoxy) is 2. The van der Waals surface area contributed by atoms with Crippen LogP contribution in [0.3, 0.4) is 0 Å². The first-order valence-corrected chi connectivity index (χ1v) is 4.89. The maximum absolute atomic E-state index is 5.70. The van der Waals surface area contributed by atoms with Crippen molar-refractivity contribution in [1.29, 1.82) is 0 Å². The van der Waals surface area contributed by atoms with E-state index < -0.39 is 0 Å². The molecule has 0 aromatic heterocycles. The molecule has 3 heteroatoms. The summed E-state index contributed by atoms with van der Waals surface area (Å²) in [7, 11) is 0. The molecule has 1 rings (SSSR count). The summed E-state index contributed by atoms with van der Waals surface area (Å²) in [5, 5.41) is 0. The summed E-state index contributed by atoms with van der Waals surface area (Å²) in [5.41, 5.74) is 6.37. The van der Waals surface area contributed by atoms with Gasteiger partial charge in [-0.25, -0.2) is 0 Å². The molecule has 0 radical (unpaired) electrons. The summed E-state index contributed by atoms with van der Waals surface area (Å²) in [6.07, 6.45) is 1.04. The van der Waals surface area contributed by atoms with Crippen LogP contribution in [-0.4, -0.2) is 19.8 Å². The van der Waals surface area contributed by atoms with Crippen molar-refractivity contribution in [2.45, 2.75) is 13.3 Å². The fourth-order valence-corrected chi connectivity index (χ4v) is 1.07. The highest BCUT2D eigenvalue weighted by Crippen LogP contribution is 2.19. The second-order valence-electron chi connectivity index (χ2n) is 3.00. The number of hydrogen-bond acceptors (Lipinski definition) is 3. The van der Waals surface area contributed by atoms with Gasteiger partial charge in [-0.15, -0.1) is 0 Å². The first-order chi connectivity index (χ1) is 6.84. The summed E-state index contributed by atoms with van der Waals surface area (Å²) < 4.78 is 10.7. The summed E-state index contributed by atoms with van der Waals surface area (Å²) >= 11 is 0. The van der Waals surface area contributed by atoms with Gasteiger partial charge in [-0.1, -0.05) is 19.1 Å². The van der Waals surface area contributed by atoms with Crippen LogP contribution in [0.25, 0.3) is 0 Å². The van der Waals surface area contributed by atoms with Gasteiger partial charge >= 0.3 is 0 Å². The zero-order valence-electron chi connectivity index (χ0n) is 8.53. The molecule has 1 aromatic carbocycles. The Bertz CT molecular complexity index is 263. The van der Waals surface area contributed by atoms with E-state index >= 15 is 0 Å². The topological polar surface area (TPSA) is 44.5 Å². The molecule has 0 saturated carbocycles. The van der Waals surface area contributed by atoms with Gasteiger partial charge in [0.25, 0.3) is 0 Å². The van der Waals surface area contributed by atoms with E-state index in [1.165, 1.54) is 0 Å². The predicted molar refractivity (Wildman–Crippen MR) is 57.5 cm³/mol. The van der Waals surface area contributed by atoms with E-state index in [4.69, 9.17) is 15.2 Å². The molecule has 0 heterocycles. The number of benzene rings is 1. The van der Waals surface area contributed by atoms with E-state index in [-0.39, 0.29) is 0 Å². The van der Waals surface area contributed by atoms with Crippen LogP contribution in [0.15, 0.2) is 24.3 Å². The molecule has 0 aliphatic carbocycles. The highest BCUT2D eigenvalue weighted by Gasteiger charge is 1.97. The van der Waals surface area contributed by atoms with E-state index in [9.17, 15) is 0 Å². The highest BCUT2D eigenvalue weighted by atomic mass is 16.5. The van der Waals surface area contributed by atoms with Crippen molar-refractivity contribution in [1.82, 2.24) is 0 Å². The lowest BCUT2D eigenvalue weighted by Gasteiger charge is -2.08. The first-order valence-electron chi connectivity index (χ1n) is 4.89. The molecule has 14 heavy (non-hydrogen) atoms. The molecule has 0 atom stereocenters. The molecule has 0 saturated heterocycles. The molecule has 0 bridgehead atoms. The van der Waals surface area contributed by atoms with E-state index in [0.29, 0.717) is 18.9 Å². The third-order valence-corrected chi connectivity index (χ3v) is 1.75. The van der Waals surface area contributed by atoms with Crippen molar-refractivity contribution >= 4 is 5.69 Å². The van der Waals surface area contributed by atoms with Crippen LogP contribution in [0.5, 0.6) is 5.75 Å². The second-order valence-corrected chi connectivity index (χ2v) is 3.00. The maximum Gasteiger partial charge on any atom is 0.142 e. The summed E-state index contributed by atoms with van der Waals surface area (Å²) in [6.45, 7) is 4.03. The quantitative estimate of drug-likeness (QED) is 0.558. The molecular weight excluding hydrogens is 178 g/mol. The largest absolute Gasteiger partial charge is 0.489 e. The van der Waals surface area contributed by atoms with Crippen LogP contribution >= 0.6 is 0 Å². The van der Waals surface area contributed by atoms with Crippen LogP contribution in [-0.2, 0) is 4.74 Å². The SMILES string of the molecule is CCCOCCOc1ccccc1N. The van der Waals surface area contributed by atoms with E-state index in [1.807, 2.05) is 24.3 Å². The third-order valence-electron chi connectivity index (χ3n) is 1.75. The molecule has 0 aliphatic rings. The molecule has 0 amide bonds. The Balaban J connectivity index is 2.21. The van der Waals surface area contributed by atoms with Crippen LogP contribution in [0.1, 0.15) is 13.3 Å². The van der Waals surface area contributed by atoms with E-state index in [2.05, 4.69) is 6.92 Å². The van der Waals surface area contributed by atoms with E-state index in [0.717, 1.165) is 18.8 Å². The Labute approximate surface area is 84.8 Å². The monoisotopic (exact) mass is 195 g/mol.